The molecular formula is C24H22N2O3. The molecule has 4 rings (SSSR count). The average molecular weight is 386 g/mol. The van der Waals surface area contributed by atoms with E-state index in [0.29, 0.717) is 11.1 Å². The monoisotopic (exact) mass is 386 g/mol. The van der Waals surface area contributed by atoms with Crippen molar-refractivity contribution in [1.82, 2.24) is 4.98 Å². The highest BCUT2D eigenvalue weighted by atomic mass is 16.3. The highest BCUT2D eigenvalue weighted by Crippen LogP contribution is 2.39. The molecule has 0 aliphatic heterocycles. The second-order valence-corrected chi connectivity index (χ2v) is 8.16. The lowest BCUT2D eigenvalue weighted by Gasteiger charge is -2.20. The first kappa shape index (κ1) is 18.7. The minimum atomic E-state index is -0.480. The van der Waals surface area contributed by atoms with Crippen molar-refractivity contribution < 1.29 is 9.21 Å². The predicted octanol–water partition coefficient (Wildman–Crippen LogP) is 4.85. The number of fused-ring (bicyclic) bond motifs is 1. The zero-order valence-electron chi connectivity index (χ0n) is 16.6. The second-order valence-electron chi connectivity index (χ2n) is 8.16. The standard InChI is InChI=1S/C24H22N2O3/c1-24(2,3)20-12-16(17-8-5-9-26-23(17)28)11-18-19(13-29-21(18)20)14-6-4-7-15(10-14)22(25)27/h4-13H,1-3H3,(H2,25,27)(H,26,28). The van der Waals surface area contributed by atoms with Gasteiger partial charge in [0.15, 0.2) is 0 Å². The number of carbonyl (C=O) groups excluding carboxylic acids is 1. The molecule has 0 fully saturated rings. The summed E-state index contributed by atoms with van der Waals surface area (Å²) in [5.41, 5.74) is 10.4. The Morgan fingerprint density at radius 3 is 2.48 bits per heavy atom. The number of aromatic amines is 1. The van der Waals surface area contributed by atoms with E-state index in [1.54, 1.807) is 36.7 Å². The van der Waals surface area contributed by atoms with Gasteiger partial charge < -0.3 is 15.1 Å². The van der Waals surface area contributed by atoms with Gasteiger partial charge in [-0.25, -0.2) is 0 Å². The number of benzene rings is 2. The van der Waals surface area contributed by atoms with Crippen LogP contribution in [0.15, 0.2) is 70.2 Å². The van der Waals surface area contributed by atoms with Crippen LogP contribution in [0, 0.1) is 0 Å². The van der Waals surface area contributed by atoms with Gasteiger partial charge in [-0.05, 0) is 52.9 Å². The van der Waals surface area contributed by atoms with Crippen LogP contribution in [0.4, 0.5) is 0 Å². The Bertz CT molecular complexity index is 1290. The third-order valence-electron chi connectivity index (χ3n) is 5.07. The largest absolute Gasteiger partial charge is 0.463 e. The summed E-state index contributed by atoms with van der Waals surface area (Å²) < 4.78 is 5.98. The van der Waals surface area contributed by atoms with Crippen LogP contribution in [0.3, 0.4) is 0 Å². The SMILES string of the molecule is CC(C)(C)c1cc(-c2ccc[nH]c2=O)cc2c(-c3cccc(C(N)=O)c3)coc12. The molecule has 1 amide bonds. The quantitative estimate of drug-likeness (QED) is 0.527. The summed E-state index contributed by atoms with van der Waals surface area (Å²) in [6, 6.07) is 14.7. The van der Waals surface area contributed by atoms with Crippen LogP contribution in [-0.4, -0.2) is 10.9 Å². The zero-order valence-corrected chi connectivity index (χ0v) is 16.6. The number of furan rings is 1. The van der Waals surface area contributed by atoms with E-state index in [0.717, 1.165) is 33.2 Å². The van der Waals surface area contributed by atoms with Gasteiger partial charge in [-0.15, -0.1) is 0 Å². The summed E-state index contributed by atoms with van der Waals surface area (Å²) in [5, 5.41) is 0.886. The van der Waals surface area contributed by atoms with Crippen molar-refractivity contribution in [2.75, 3.05) is 0 Å². The molecule has 0 aliphatic rings. The molecule has 0 spiro atoms. The fourth-order valence-corrected chi connectivity index (χ4v) is 3.56. The number of amides is 1. The van der Waals surface area contributed by atoms with E-state index >= 15 is 0 Å². The number of H-pyrrole nitrogens is 1. The van der Waals surface area contributed by atoms with Crippen molar-refractivity contribution in [2.24, 2.45) is 5.73 Å². The van der Waals surface area contributed by atoms with Gasteiger partial charge in [0, 0.05) is 33.8 Å². The Hall–Kier alpha value is -3.60. The van der Waals surface area contributed by atoms with Crippen molar-refractivity contribution in [3.63, 3.8) is 0 Å². The molecule has 29 heavy (non-hydrogen) atoms. The third kappa shape index (κ3) is 3.36. The smallest absolute Gasteiger partial charge is 0.255 e. The van der Waals surface area contributed by atoms with Gasteiger partial charge >= 0.3 is 0 Å². The molecule has 0 aliphatic carbocycles. The molecular weight excluding hydrogens is 364 g/mol. The lowest BCUT2D eigenvalue weighted by atomic mass is 9.83. The van der Waals surface area contributed by atoms with E-state index in [1.165, 1.54) is 0 Å². The van der Waals surface area contributed by atoms with E-state index in [1.807, 2.05) is 24.3 Å². The molecule has 0 bridgehead atoms. The molecule has 2 heterocycles. The summed E-state index contributed by atoms with van der Waals surface area (Å²) >= 11 is 0. The van der Waals surface area contributed by atoms with Crippen molar-refractivity contribution in [2.45, 2.75) is 26.2 Å². The molecule has 0 radical (unpaired) electrons. The van der Waals surface area contributed by atoms with Gasteiger partial charge in [-0.2, -0.15) is 0 Å². The summed E-state index contributed by atoms with van der Waals surface area (Å²) in [6.07, 6.45) is 3.31. The first-order chi connectivity index (χ1) is 13.8. The van der Waals surface area contributed by atoms with Crippen LogP contribution < -0.4 is 11.3 Å². The summed E-state index contributed by atoms with van der Waals surface area (Å²) in [6.45, 7) is 6.32. The van der Waals surface area contributed by atoms with Gasteiger partial charge in [0.2, 0.25) is 5.91 Å². The van der Waals surface area contributed by atoms with Crippen LogP contribution in [0.1, 0.15) is 36.7 Å². The van der Waals surface area contributed by atoms with Gasteiger partial charge in [0.25, 0.3) is 5.56 Å². The molecule has 4 aromatic rings. The van der Waals surface area contributed by atoms with Crippen LogP contribution >= 0.6 is 0 Å². The van der Waals surface area contributed by atoms with Gasteiger partial charge in [0.05, 0.1) is 6.26 Å². The fraction of sp³-hybridized carbons (Fsp3) is 0.167. The van der Waals surface area contributed by atoms with Crippen LogP contribution in [0.2, 0.25) is 0 Å². The van der Waals surface area contributed by atoms with Crippen molar-refractivity contribution in [1.29, 1.82) is 0 Å². The van der Waals surface area contributed by atoms with Crippen molar-refractivity contribution in [3.8, 4) is 22.3 Å². The number of hydrogen-bond acceptors (Lipinski definition) is 3. The highest BCUT2D eigenvalue weighted by Gasteiger charge is 2.23. The first-order valence-electron chi connectivity index (χ1n) is 9.40. The van der Waals surface area contributed by atoms with Crippen LogP contribution in [0.5, 0.6) is 0 Å². The minimum absolute atomic E-state index is 0.146. The highest BCUT2D eigenvalue weighted by molar-refractivity contribution is 6.00. The zero-order chi connectivity index (χ0) is 20.8. The molecule has 5 heteroatoms. The maximum atomic E-state index is 12.4. The van der Waals surface area contributed by atoms with Gasteiger partial charge in [0.1, 0.15) is 5.58 Å². The molecule has 0 atom stereocenters. The minimum Gasteiger partial charge on any atom is -0.463 e. The number of hydrogen-bond donors (Lipinski definition) is 2. The van der Waals surface area contributed by atoms with Gasteiger partial charge in [-0.1, -0.05) is 32.9 Å². The first-order valence-corrected chi connectivity index (χ1v) is 9.40. The molecule has 0 saturated heterocycles. The molecule has 0 unspecified atom stereocenters. The molecule has 5 nitrogen and oxygen atoms in total. The summed E-state index contributed by atoms with van der Waals surface area (Å²) in [4.78, 5) is 26.7. The molecule has 2 aromatic heterocycles. The molecule has 146 valence electrons. The fourth-order valence-electron chi connectivity index (χ4n) is 3.56. The number of nitrogens with two attached hydrogens (primary N) is 1. The molecule has 2 aromatic carbocycles. The maximum Gasteiger partial charge on any atom is 0.255 e. The van der Waals surface area contributed by atoms with E-state index < -0.39 is 5.91 Å². The van der Waals surface area contributed by atoms with Crippen molar-refractivity contribution >= 4 is 16.9 Å². The second kappa shape index (κ2) is 6.78. The Morgan fingerprint density at radius 2 is 1.79 bits per heavy atom. The lowest BCUT2D eigenvalue weighted by Crippen LogP contribution is -2.13. The summed E-state index contributed by atoms with van der Waals surface area (Å²) in [5.74, 6) is -0.480. The summed E-state index contributed by atoms with van der Waals surface area (Å²) in [7, 11) is 0. The average Bonchev–Trinajstić information content (AvgIpc) is 3.10. The number of aromatic nitrogens is 1. The van der Waals surface area contributed by atoms with E-state index in [4.69, 9.17) is 10.2 Å². The Kier molecular flexibility index (Phi) is 4.38. The van der Waals surface area contributed by atoms with Crippen LogP contribution in [-0.2, 0) is 5.41 Å². The lowest BCUT2D eigenvalue weighted by molar-refractivity contribution is 0.100. The van der Waals surface area contributed by atoms with E-state index in [-0.39, 0.29) is 11.0 Å². The molecule has 0 saturated carbocycles. The topological polar surface area (TPSA) is 89.1 Å². The van der Waals surface area contributed by atoms with E-state index in [9.17, 15) is 9.59 Å². The maximum absolute atomic E-state index is 12.4. The normalized spacial score (nSPS) is 11.7. The number of carbonyl (C=O) groups is 1. The van der Waals surface area contributed by atoms with Crippen molar-refractivity contribution in [3.05, 3.63) is 82.5 Å². The van der Waals surface area contributed by atoms with Gasteiger partial charge in [-0.3, -0.25) is 9.59 Å². The number of nitrogens with one attached hydrogen (secondary N) is 1. The Morgan fingerprint density at radius 1 is 1.00 bits per heavy atom. The number of pyridine rings is 1. The Labute approximate surface area is 168 Å². The Balaban J connectivity index is 2.03. The van der Waals surface area contributed by atoms with E-state index in [2.05, 4.69) is 25.8 Å². The van der Waals surface area contributed by atoms with Crippen LogP contribution in [0.25, 0.3) is 33.2 Å². The third-order valence-corrected chi connectivity index (χ3v) is 5.07. The number of primary amides is 1. The molecule has 3 N–H and O–H groups in total. The number of rotatable bonds is 3. The predicted molar refractivity (Wildman–Crippen MR) is 115 cm³/mol.